The summed E-state index contributed by atoms with van der Waals surface area (Å²) in [5.74, 6) is 0. The van der Waals surface area contributed by atoms with Crippen LogP contribution >= 0.6 is 11.5 Å². The number of rotatable bonds is 5. The average Bonchev–Trinajstić information content (AvgIpc) is 2.63. The predicted octanol–water partition coefficient (Wildman–Crippen LogP) is 0.992. The highest BCUT2D eigenvalue weighted by Crippen LogP contribution is 2.14. The van der Waals surface area contributed by atoms with E-state index in [4.69, 9.17) is 5.11 Å². The number of hydrogen-bond acceptors (Lipinski definition) is 4. The first-order valence-corrected chi connectivity index (χ1v) is 6.00. The molecule has 1 aromatic heterocycles. The van der Waals surface area contributed by atoms with Crippen LogP contribution in [0.2, 0.25) is 0 Å². The molecule has 0 spiro atoms. The fourth-order valence-corrected chi connectivity index (χ4v) is 2.47. The van der Waals surface area contributed by atoms with Gasteiger partial charge < -0.3 is 5.11 Å². The standard InChI is InChI=1S/C11H14N2O2S/c14-7-3-6-12-8-13-11(15)9-4-1-2-5-10(9)16-13/h1-2,4-5,12,14H,3,6-8H2. The Morgan fingerprint density at radius 1 is 1.38 bits per heavy atom. The summed E-state index contributed by atoms with van der Waals surface area (Å²) in [7, 11) is 0. The Kier molecular flexibility index (Phi) is 3.71. The van der Waals surface area contributed by atoms with E-state index < -0.39 is 0 Å². The molecule has 5 heteroatoms. The summed E-state index contributed by atoms with van der Waals surface area (Å²) in [4.78, 5) is 11.9. The molecule has 86 valence electrons. The average molecular weight is 238 g/mol. The zero-order valence-corrected chi connectivity index (χ0v) is 9.67. The Balaban J connectivity index is 2.13. The van der Waals surface area contributed by atoms with Gasteiger partial charge >= 0.3 is 0 Å². The molecule has 0 saturated heterocycles. The molecular weight excluding hydrogens is 224 g/mol. The fraction of sp³-hybridized carbons (Fsp3) is 0.364. The quantitative estimate of drug-likeness (QED) is 0.764. The topological polar surface area (TPSA) is 54.3 Å². The molecule has 0 atom stereocenters. The minimum Gasteiger partial charge on any atom is -0.396 e. The smallest absolute Gasteiger partial charge is 0.269 e. The van der Waals surface area contributed by atoms with Crippen LogP contribution in [-0.2, 0) is 6.67 Å². The van der Waals surface area contributed by atoms with Gasteiger partial charge in [0.1, 0.15) is 0 Å². The Hall–Kier alpha value is -1.17. The minimum atomic E-state index is 0.0529. The van der Waals surface area contributed by atoms with E-state index in [2.05, 4.69) is 5.32 Å². The Morgan fingerprint density at radius 2 is 2.19 bits per heavy atom. The molecule has 0 bridgehead atoms. The van der Waals surface area contributed by atoms with E-state index in [0.717, 1.165) is 16.6 Å². The Bertz CT molecular complexity index is 518. The van der Waals surface area contributed by atoms with Crippen LogP contribution in [0.15, 0.2) is 29.1 Å². The zero-order chi connectivity index (χ0) is 11.4. The van der Waals surface area contributed by atoms with E-state index in [1.54, 1.807) is 3.96 Å². The highest BCUT2D eigenvalue weighted by molar-refractivity contribution is 7.13. The third kappa shape index (κ3) is 2.32. The Labute approximate surface area is 97.3 Å². The van der Waals surface area contributed by atoms with Gasteiger partial charge in [-0.25, -0.2) is 3.96 Å². The van der Waals surface area contributed by atoms with Gasteiger partial charge in [0.15, 0.2) is 0 Å². The monoisotopic (exact) mass is 238 g/mol. The third-order valence-electron chi connectivity index (χ3n) is 2.32. The maximum absolute atomic E-state index is 11.9. The van der Waals surface area contributed by atoms with Crippen LogP contribution in [0.3, 0.4) is 0 Å². The van der Waals surface area contributed by atoms with Crippen LogP contribution in [0.5, 0.6) is 0 Å². The largest absolute Gasteiger partial charge is 0.396 e. The molecule has 1 aromatic carbocycles. The van der Waals surface area contributed by atoms with Crippen molar-refractivity contribution in [1.29, 1.82) is 0 Å². The summed E-state index contributed by atoms with van der Waals surface area (Å²) in [5, 5.41) is 12.5. The number of aliphatic hydroxyl groups is 1. The van der Waals surface area contributed by atoms with Crippen molar-refractivity contribution in [2.45, 2.75) is 13.1 Å². The van der Waals surface area contributed by atoms with Crippen LogP contribution < -0.4 is 10.9 Å². The van der Waals surface area contributed by atoms with Gasteiger partial charge in [-0.05, 0) is 25.1 Å². The number of hydrogen-bond donors (Lipinski definition) is 2. The summed E-state index contributed by atoms with van der Waals surface area (Å²) >= 11 is 1.46. The molecule has 0 aliphatic rings. The van der Waals surface area contributed by atoms with Crippen molar-refractivity contribution in [1.82, 2.24) is 9.27 Å². The van der Waals surface area contributed by atoms with Gasteiger partial charge in [0.2, 0.25) is 0 Å². The van der Waals surface area contributed by atoms with Crippen LogP contribution in [0.1, 0.15) is 6.42 Å². The number of aromatic nitrogens is 1. The first-order chi connectivity index (χ1) is 7.83. The summed E-state index contributed by atoms with van der Waals surface area (Å²) in [6.45, 7) is 1.41. The van der Waals surface area contributed by atoms with Crippen molar-refractivity contribution in [2.24, 2.45) is 0 Å². The molecule has 2 aromatic rings. The van der Waals surface area contributed by atoms with Crippen molar-refractivity contribution in [3.63, 3.8) is 0 Å². The number of nitrogens with one attached hydrogen (secondary N) is 1. The van der Waals surface area contributed by atoms with Crippen molar-refractivity contribution in [2.75, 3.05) is 13.2 Å². The molecule has 0 aliphatic heterocycles. The molecule has 0 unspecified atom stereocenters. The lowest BCUT2D eigenvalue weighted by atomic mass is 10.3. The minimum absolute atomic E-state index is 0.0529. The van der Waals surface area contributed by atoms with Crippen molar-refractivity contribution in [3.05, 3.63) is 34.6 Å². The SMILES string of the molecule is O=c1c2ccccc2sn1CNCCCO. The van der Waals surface area contributed by atoms with E-state index in [1.165, 1.54) is 11.5 Å². The lowest BCUT2D eigenvalue weighted by Gasteiger charge is -2.01. The van der Waals surface area contributed by atoms with Gasteiger partial charge in [-0.3, -0.25) is 10.1 Å². The summed E-state index contributed by atoms with van der Waals surface area (Å²) < 4.78 is 2.71. The van der Waals surface area contributed by atoms with Crippen LogP contribution in [0.25, 0.3) is 10.1 Å². The molecule has 0 fully saturated rings. The van der Waals surface area contributed by atoms with Gasteiger partial charge in [0.25, 0.3) is 5.56 Å². The molecule has 16 heavy (non-hydrogen) atoms. The van der Waals surface area contributed by atoms with Gasteiger partial charge in [-0.1, -0.05) is 23.7 Å². The van der Waals surface area contributed by atoms with E-state index in [1.807, 2.05) is 24.3 Å². The molecule has 2 N–H and O–H groups in total. The highest BCUT2D eigenvalue weighted by Gasteiger charge is 2.05. The molecule has 1 heterocycles. The maximum Gasteiger partial charge on any atom is 0.269 e. The second kappa shape index (κ2) is 5.25. The normalized spacial score (nSPS) is 11.1. The highest BCUT2D eigenvalue weighted by atomic mass is 32.1. The number of benzene rings is 1. The molecule has 0 aliphatic carbocycles. The van der Waals surface area contributed by atoms with Gasteiger partial charge in [0, 0.05) is 6.61 Å². The van der Waals surface area contributed by atoms with Gasteiger partial charge in [-0.15, -0.1) is 0 Å². The van der Waals surface area contributed by atoms with E-state index >= 15 is 0 Å². The number of aliphatic hydroxyl groups excluding tert-OH is 1. The summed E-state index contributed by atoms with van der Waals surface area (Å²) in [6.07, 6.45) is 0.708. The Morgan fingerprint density at radius 3 is 2.94 bits per heavy atom. The van der Waals surface area contributed by atoms with E-state index in [-0.39, 0.29) is 12.2 Å². The van der Waals surface area contributed by atoms with Crippen LogP contribution in [-0.4, -0.2) is 22.2 Å². The van der Waals surface area contributed by atoms with Crippen molar-refractivity contribution in [3.8, 4) is 0 Å². The van der Waals surface area contributed by atoms with Crippen LogP contribution in [0.4, 0.5) is 0 Å². The maximum atomic E-state index is 11.9. The predicted molar refractivity (Wildman–Crippen MR) is 65.8 cm³/mol. The molecule has 4 nitrogen and oxygen atoms in total. The second-order valence-electron chi connectivity index (χ2n) is 3.51. The second-order valence-corrected chi connectivity index (χ2v) is 4.57. The number of nitrogens with zero attached hydrogens (tertiary/aromatic N) is 1. The van der Waals surface area contributed by atoms with Crippen LogP contribution in [0, 0.1) is 0 Å². The first kappa shape index (κ1) is 11.3. The summed E-state index contributed by atoms with van der Waals surface area (Å²) in [6, 6.07) is 7.60. The summed E-state index contributed by atoms with van der Waals surface area (Å²) in [5.41, 5.74) is 0.0529. The zero-order valence-electron chi connectivity index (χ0n) is 8.85. The van der Waals surface area contributed by atoms with E-state index in [0.29, 0.717) is 13.1 Å². The molecule has 0 radical (unpaired) electrons. The fourth-order valence-electron chi connectivity index (χ4n) is 1.51. The van der Waals surface area contributed by atoms with Crippen molar-refractivity contribution >= 4 is 21.6 Å². The lowest BCUT2D eigenvalue weighted by molar-refractivity contribution is 0.284. The first-order valence-electron chi connectivity index (χ1n) is 5.23. The van der Waals surface area contributed by atoms with Gasteiger partial charge in [0.05, 0.1) is 16.8 Å². The van der Waals surface area contributed by atoms with Gasteiger partial charge in [-0.2, -0.15) is 0 Å². The molecule has 0 saturated carbocycles. The molecular formula is C11H14N2O2S. The molecule has 2 rings (SSSR count). The number of fused-ring (bicyclic) bond motifs is 1. The lowest BCUT2D eigenvalue weighted by Crippen LogP contribution is -2.25. The third-order valence-corrected chi connectivity index (χ3v) is 3.39. The van der Waals surface area contributed by atoms with E-state index in [9.17, 15) is 4.79 Å². The molecule has 0 amide bonds. The van der Waals surface area contributed by atoms with Crippen molar-refractivity contribution < 1.29 is 5.11 Å².